The normalized spacial score (nSPS) is 17.4. The SMILES string of the molecule is O=C1NCC(C(=O)N[C@H](c2ccc(Cl)cc2)c2ccc(F)c(C(F)F)n2)O1. The van der Waals surface area contributed by atoms with Gasteiger partial charge in [0.1, 0.15) is 5.69 Å². The highest BCUT2D eigenvalue weighted by molar-refractivity contribution is 6.30. The number of amides is 2. The third-order valence-electron chi connectivity index (χ3n) is 3.86. The van der Waals surface area contributed by atoms with Crippen LogP contribution >= 0.6 is 11.6 Å². The average molecular weight is 400 g/mol. The van der Waals surface area contributed by atoms with Gasteiger partial charge in [0.05, 0.1) is 18.3 Å². The van der Waals surface area contributed by atoms with Gasteiger partial charge in [-0.1, -0.05) is 23.7 Å². The summed E-state index contributed by atoms with van der Waals surface area (Å²) in [5.74, 6) is -1.80. The predicted molar refractivity (Wildman–Crippen MR) is 88.9 cm³/mol. The first-order chi connectivity index (χ1) is 12.8. The number of halogens is 4. The Hall–Kier alpha value is -2.81. The highest BCUT2D eigenvalue weighted by atomic mass is 35.5. The number of hydrogen-bond acceptors (Lipinski definition) is 4. The minimum Gasteiger partial charge on any atom is -0.434 e. The van der Waals surface area contributed by atoms with E-state index in [9.17, 15) is 22.8 Å². The van der Waals surface area contributed by atoms with Crippen LogP contribution in [0.3, 0.4) is 0 Å². The summed E-state index contributed by atoms with van der Waals surface area (Å²) in [6, 6.07) is 7.30. The fourth-order valence-corrected chi connectivity index (χ4v) is 2.67. The summed E-state index contributed by atoms with van der Waals surface area (Å²) in [6.07, 6.45) is -4.94. The lowest BCUT2D eigenvalue weighted by Crippen LogP contribution is -2.39. The maximum Gasteiger partial charge on any atom is 0.408 e. The molecule has 1 aromatic carbocycles. The van der Waals surface area contributed by atoms with Gasteiger partial charge in [-0.25, -0.2) is 22.9 Å². The van der Waals surface area contributed by atoms with E-state index in [0.717, 1.165) is 6.07 Å². The standard InChI is InChI=1S/C17H13ClF3N3O3/c18-9-3-1-8(2-4-9)13(24-16(25)12-7-22-17(26)27-12)11-6-5-10(19)14(23-11)15(20)21/h1-6,12-13,15H,7H2,(H,22,26)(H,24,25)/t12?,13-/m1/s1. The number of benzene rings is 1. The number of aromatic nitrogens is 1. The van der Waals surface area contributed by atoms with Crippen LogP contribution in [0, 0.1) is 5.82 Å². The number of nitrogens with one attached hydrogen (secondary N) is 2. The summed E-state index contributed by atoms with van der Waals surface area (Å²) in [4.78, 5) is 27.2. The number of carbonyl (C=O) groups is 2. The Morgan fingerprint density at radius 1 is 1.26 bits per heavy atom. The lowest BCUT2D eigenvalue weighted by Gasteiger charge is -2.21. The number of pyridine rings is 1. The number of carbonyl (C=O) groups excluding carboxylic acids is 2. The van der Waals surface area contributed by atoms with Gasteiger partial charge in [0.25, 0.3) is 12.3 Å². The second kappa shape index (κ2) is 7.83. The van der Waals surface area contributed by atoms with Crippen LogP contribution in [-0.4, -0.2) is 29.6 Å². The lowest BCUT2D eigenvalue weighted by atomic mass is 10.0. The molecule has 6 nitrogen and oxygen atoms in total. The van der Waals surface area contributed by atoms with Gasteiger partial charge >= 0.3 is 6.09 Å². The Labute approximate surface area is 156 Å². The van der Waals surface area contributed by atoms with Crippen molar-refractivity contribution in [2.45, 2.75) is 18.6 Å². The molecule has 1 unspecified atom stereocenters. The molecule has 2 heterocycles. The van der Waals surface area contributed by atoms with Crippen LogP contribution < -0.4 is 10.6 Å². The van der Waals surface area contributed by atoms with E-state index < -0.39 is 42.1 Å². The van der Waals surface area contributed by atoms with Crippen molar-refractivity contribution in [3.8, 4) is 0 Å². The van der Waals surface area contributed by atoms with Crippen molar-refractivity contribution in [3.63, 3.8) is 0 Å². The molecular weight excluding hydrogens is 387 g/mol. The number of cyclic esters (lactones) is 1. The van der Waals surface area contributed by atoms with Crippen molar-refractivity contribution >= 4 is 23.6 Å². The minimum absolute atomic E-state index is 0.000319. The van der Waals surface area contributed by atoms with E-state index in [4.69, 9.17) is 16.3 Å². The number of alkyl carbamates (subject to hydrolysis) is 1. The first-order valence-corrected chi connectivity index (χ1v) is 8.17. The van der Waals surface area contributed by atoms with Gasteiger partial charge in [0.15, 0.2) is 11.9 Å². The Morgan fingerprint density at radius 2 is 1.96 bits per heavy atom. The van der Waals surface area contributed by atoms with Gasteiger partial charge in [-0.3, -0.25) is 4.79 Å². The second-order valence-corrected chi connectivity index (χ2v) is 6.11. The number of hydrogen-bond donors (Lipinski definition) is 2. The zero-order valence-electron chi connectivity index (χ0n) is 13.6. The van der Waals surface area contributed by atoms with Crippen LogP contribution in [-0.2, 0) is 9.53 Å². The molecule has 0 radical (unpaired) electrons. The number of rotatable bonds is 5. The zero-order chi connectivity index (χ0) is 19.6. The summed E-state index contributed by atoms with van der Waals surface area (Å²) in [6.45, 7) is -0.0306. The third kappa shape index (κ3) is 4.30. The molecule has 27 heavy (non-hydrogen) atoms. The van der Waals surface area contributed by atoms with E-state index in [0.29, 0.717) is 10.6 Å². The summed E-state index contributed by atoms with van der Waals surface area (Å²) in [5, 5.41) is 5.36. The highest BCUT2D eigenvalue weighted by Crippen LogP contribution is 2.26. The molecule has 2 atom stereocenters. The Balaban J connectivity index is 1.95. The van der Waals surface area contributed by atoms with Crippen molar-refractivity contribution in [2.24, 2.45) is 0 Å². The Kier molecular flexibility index (Phi) is 5.50. The maximum atomic E-state index is 13.6. The molecule has 0 aliphatic carbocycles. The van der Waals surface area contributed by atoms with Crippen molar-refractivity contribution < 1.29 is 27.5 Å². The number of alkyl halides is 2. The van der Waals surface area contributed by atoms with Crippen LogP contribution in [0.2, 0.25) is 5.02 Å². The molecule has 1 aliphatic rings. The highest BCUT2D eigenvalue weighted by Gasteiger charge is 2.32. The monoisotopic (exact) mass is 399 g/mol. The van der Waals surface area contributed by atoms with Crippen LogP contribution in [0.4, 0.5) is 18.0 Å². The van der Waals surface area contributed by atoms with Gasteiger partial charge in [-0.15, -0.1) is 0 Å². The van der Waals surface area contributed by atoms with Gasteiger partial charge in [-0.05, 0) is 29.8 Å². The molecule has 1 aliphatic heterocycles. The summed E-state index contributed by atoms with van der Waals surface area (Å²) < 4.78 is 44.4. The topological polar surface area (TPSA) is 80.3 Å². The summed E-state index contributed by atoms with van der Waals surface area (Å²) >= 11 is 5.86. The molecule has 2 N–H and O–H groups in total. The number of ether oxygens (including phenoxy) is 1. The van der Waals surface area contributed by atoms with Gasteiger partial charge in [-0.2, -0.15) is 0 Å². The van der Waals surface area contributed by atoms with E-state index >= 15 is 0 Å². The van der Waals surface area contributed by atoms with Crippen LogP contribution in [0.5, 0.6) is 0 Å². The minimum atomic E-state index is -3.12. The third-order valence-corrected chi connectivity index (χ3v) is 4.11. The smallest absolute Gasteiger partial charge is 0.408 e. The molecule has 0 bridgehead atoms. The molecule has 10 heteroatoms. The molecule has 1 fully saturated rings. The summed E-state index contributed by atoms with van der Waals surface area (Å²) in [7, 11) is 0. The predicted octanol–water partition coefficient (Wildman–Crippen LogP) is 3.13. The van der Waals surface area contributed by atoms with Crippen molar-refractivity contribution in [1.29, 1.82) is 0 Å². The molecule has 0 spiro atoms. The molecule has 0 saturated carbocycles. The van der Waals surface area contributed by atoms with Crippen LogP contribution in [0.15, 0.2) is 36.4 Å². The largest absolute Gasteiger partial charge is 0.434 e. The van der Waals surface area contributed by atoms with Gasteiger partial charge in [0.2, 0.25) is 0 Å². The second-order valence-electron chi connectivity index (χ2n) is 5.67. The lowest BCUT2D eigenvalue weighted by molar-refractivity contribution is -0.128. The van der Waals surface area contributed by atoms with Crippen molar-refractivity contribution in [2.75, 3.05) is 6.54 Å². The van der Waals surface area contributed by atoms with E-state index in [2.05, 4.69) is 15.6 Å². The van der Waals surface area contributed by atoms with E-state index in [1.54, 1.807) is 24.3 Å². The van der Waals surface area contributed by atoms with Crippen LogP contribution in [0.1, 0.15) is 29.4 Å². The van der Waals surface area contributed by atoms with E-state index in [1.165, 1.54) is 6.07 Å². The zero-order valence-corrected chi connectivity index (χ0v) is 14.3. The van der Waals surface area contributed by atoms with Gasteiger partial charge in [0, 0.05) is 5.02 Å². The van der Waals surface area contributed by atoms with Gasteiger partial charge < -0.3 is 15.4 Å². The van der Waals surface area contributed by atoms with Crippen molar-refractivity contribution in [1.82, 2.24) is 15.6 Å². The molecule has 2 amide bonds. The van der Waals surface area contributed by atoms with E-state index in [-0.39, 0.29) is 12.2 Å². The van der Waals surface area contributed by atoms with E-state index in [1.807, 2.05) is 0 Å². The number of nitrogens with zero attached hydrogens (tertiary/aromatic N) is 1. The maximum absolute atomic E-state index is 13.6. The van der Waals surface area contributed by atoms with Crippen LogP contribution in [0.25, 0.3) is 0 Å². The fraction of sp³-hybridized carbons (Fsp3) is 0.235. The first kappa shape index (κ1) is 19.0. The Bertz CT molecular complexity index is 864. The molecule has 1 aromatic heterocycles. The molecule has 142 valence electrons. The molecule has 2 aromatic rings. The fourth-order valence-electron chi connectivity index (χ4n) is 2.54. The molecular formula is C17H13ClF3N3O3. The Morgan fingerprint density at radius 3 is 2.56 bits per heavy atom. The molecule has 1 saturated heterocycles. The van der Waals surface area contributed by atoms with Crippen molar-refractivity contribution in [3.05, 3.63) is 64.2 Å². The molecule has 3 rings (SSSR count). The quantitative estimate of drug-likeness (QED) is 0.809. The first-order valence-electron chi connectivity index (χ1n) is 7.80. The summed E-state index contributed by atoms with van der Waals surface area (Å²) in [5.41, 5.74) is -0.543. The average Bonchev–Trinajstić information content (AvgIpc) is 3.07.